The molecular weight excluding hydrogens is 445 g/mol. The number of para-hydroxylation sites is 1. The number of nitrogens with zero attached hydrogens (tertiary/aromatic N) is 1. The molecule has 5 nitrogen and oxygen atoms in total. The number of ether oxygens (including phenoxy) is 2. The minimum atomic E-state index is -0.347. The number of benzene rings is 3. The van der Waals surface area contributed by atoms with Crippen molar-refractivity contribution in [1.29, 1.82) is 0 Å². The van der Waals surface area contributed by atoms with Gasteiger partial charge in [-0.2, -0.15) is 0 Å². The van der Waals surface area contributed by atoms with Crippen molar-refractivity contribution in [1.82, 2.24) is 0 Å². The first-order chi connectivity index (χ1) is 17.1. The van der Waals surface area contributed by atoms with Crippen LogP contribution in [0.25, 0.3) is 0 Å². The smallest absolute Gasteiger partial charge is 0.232 e. The molecule has 2 aliphatic rings. The highest BCUT2D eigenvalue weighted by atomic mass is 19.1. The summed E-state index contributed by atoms with van der Waals surface area (Å²) in [6.45, 7) is 0.0596. The predicted molar refractivity (Wildman–Crippen MR) is 131 cm³/mol. The Hall–Kier alpha value is -3.93. The van der Waals surface area contributed by atoms with Crippen LogP contribution in [0.4, 0.5) is 10.1 Å². The Morgan fingerprint density at radius 2 is 1.71 bits per heavy atom. The molecule has 0 bridgehead atoms. The second-order valence-corrected chi connectivity index (χ2v) is 8.75. The Morgan fingerprint density at radius 3 is 2.49 bits per heavy atom. The summed E-state index contributed by atoms with van der Waals surface area (Å²) in [5.74, 6) is 0.317. The lowest BCUT2D eigenvalue weighted by atomic mass is 9.77. The molecule has 5 rings (SSSR count). The van der Waals surface area contributed by atoms with Gasteiger partial charge in [-0.3, -0.25) is 14.5 Å². The molecule has 178 valence electrons. The van der Waals surface area contributed by atoms with Gasteiger partial charge in [0.1, 0.15) is 12.4 Å². The molecule has 3 aromatic rings. The van der Waals surface area contributed by atoms with Crippen LogP contribution in [0.15, 0.2) is 84.1 Å². The van der Waals surface area contributed by atoms with Gasteiger partial charge in [0.15, 0.2) is 17.3 Å². The fourth-order valence-corrected chi connectivity index (χ4v) is 4.95. The third-order valence-electron chi connectivity index (χ3n) is 6.62. The highest BCUT2D eigenvalue weighted by Crippen LogP contribution is 2.44. The second-order valence-electron chi connectivity index (χ2n) is 8.75. The van der Waals surface area contributed by atoms with Crippen LogP contribution in [0.5, 0.6) is 11.5 Å². The van der Waals surface area contributed by atoms with Crippen LogP contribution < -0.4 is 14.4 Å². The molecule has 1 amide bonds. The van der Waals surface area contributed by atoms with Crippen LogP contribution in [-0.2, 0) is 16.2 Å². The SMILES string of the molecule is COc1cc(C2CC(=O)N(c3ccccc3)C3=C2C(=O)CCC3)ccc1OCc1ccccc1F. The van der Waals surface area contributed by atoms with Crippen molar-refractivity contribution < 1.29 is 23.5 Å². The maximum Gasteiger partial charge on any atom is 0.232 e. The highest BCUT2D eigenvalue weighted by Gasteiger charge is 2.39. The number of anilines is 1. The van der Waals surface area contributed by atoms with Gasteiger partial charge in [-0.1, -0.05) is 42.5 Å². The van der Waals surface area contributed by atoms with Gasteiger partial charge in [-0.25, -0.2) is 4.39 Å². The quantitative estimate of drug-likeness (QED) is 0.446. The van der Waals surface area contributed by atoms with Crippen molar-refractivity contribution in [3.05, 3.63) is 101 Å². The van der Waals surface area contributed by atoms with Crippen molar-refractivity contribution in [2.75, 3.05) is 12.0 Å². The number of rotatable bonds is 6. The largest absolute Gasteiger partial charge is 0.493 e. The first-order valence-electron chi connectivity index (χ1n) is 11.7. The van der Waals surface area contributed by atoms with Crippen LogP contribution in [0.1, 0.15) is 42.7 Å². The first kappa shape index (κ1) is 22.8. The van der Waals surface area contributed by atoms with E-state index in [0.29, 0.717) is 35.5 Å². The van der Waals surface area contributed by atoms with E-state index < -0.39 is 0 Å². The van der Waals surface area contributed by atoms with Crippen LogP contribution >= 0.6 is 0 Å². The van der Waals surface area contributed by atoms with Gasteiger partial charge in [0.2, 0.25) is 5.91 Å². The minimum Gasteiger partial charge on any atom is -0.493 e. The van der Waals surface area contributed by atoms with Gasteiger partial charge in [0, 0.05) is 41.3 Å². The average molecular weight is 472 g/mol. The molecule has 6 heteroatoms. The zero-order valence-electron chi connectivity index (χ0n) is 19.5. The zero-order chi connectivity index (χ0) is 24.4. The number of hydrogen-bond acceptors (Lipinski definition) is 4. The number of Topliss-reactive ketones (excluding diaryl/α,β-unsaturated/α-hetero) is 1. The zero-order valence-corrected chi connectivity index (χ0v) is 19.5. The van der Waals surface area contributed by atoms with E-state index in [0.717, 1.165) is 23.4 Å². The van der Waals surface area contributed by atoms with Crippen molar-refractivity contribution in [2.24, 2.45) is 0 Å². The Kier molecular flexibility index (Phi) is 6.36. The van der Waals surface area contributed by atoms with Crippen molar-refractivity contribution in [2.45, 2.75) is 38.2 Å². The van der Waals surface area contributed by atoms with E-state index in [1.165, 1.54) is 13.2 Å². The average Bonchev–Trinajstić information content (AvgIpc) is 2.88. The van der Waals surface area contributed by atoms with Crippen LogP contribution in [0.2, 0.25) is 0 Å². The van der Waals surface area contributed by atoms with E-state index in [2.05, 4.69) is 0 Å². The number of carbonyl (C=O) groups is 2. The fraction of sp³-hybridized carbons (Fsp3) is 0.241. The van der Waals surface area contributed by atoms with Crippen molar-refractivity contribution in [3.63, 3.8) is 0 Å². The second kappa shape index (κ2) is 9.74. The summed E-state index contributed by atoms with van der Waals surface area (Å²) in [4.78, 5) is 28.2. The maximum atomic E-state index is 14.0. The number of amides is 1. The van der Waals surface area contributed by atoms with Gasteiger partial charge in [0.25, 0.3) is 0 Å². The minimum absolute atomic E-state index is 0.0338. The fourth-order valence-electron chi connectivity index (χ4n) is 4.95. The third-order valence-corrected chi connectivity index (χ3v) is 6.62. The van der Waals surface area contributed by atoms with Gasteiger partial charge >= 0.3 is 0 Å². The van der Waals surface area contributed by atoms with E-state index in [1.807, 2.05) is 42.5 Å². The first-order valence-corrected chi connectivity index (χ1v) is 11.7. The molecule has 1 aliphatic carbocycles. The number of halogens is 1. The van der Waals surface area contributed by atoms with Crippen molar-refractivity contribution >= 4 is 17.4 Å². The Morgan fingerprint density at radius 1 is 0.943 bits per heavy atom. The third kappa shape index (κ3) is 4.44. The van der Waals surface area contributed by atoms with E-state index in [1.54, 1.807) is 29.2 Å². The molecule has 0 fully saturated rings. The molecule has 0 N–H and O–H groups in total. The lowest BCUT2D eigenvalue weighted by molar-refractivity contribution is -0.119. The summed E-state index contributed by atoms with van der Waals surface area (Å²) >= 11 is 0. The molecule has 1 unspecified atom stereocenters. The van der Waals surface area contributed by atoms with Crippen LogP contribution in [0, 0.1) is 5.82 Å². The number of hydrogen-bond donors (Lipinski definition) is 0. The summed E-state index contributed by atoms with van der Waals surface area (Å²) in [6.07, 6.45) is 2.08. The van der Waals surface area contributed by atoms with Gasteiger partial charge in [-0.15, -0.1) is 0 Å². The molecule has 1 aliphatic heterocycles. The maximum absolute atomic E-state index is 14.0. The lowest BCUT2D eigenvalue weighted by Gasteiger charge is -2.38. The molecule has 0 saturated carbocycles. The monoisotopic (exact) mass is 471 g/mol. The van der Waals surface area contributed by atoms with E-state index in [4.69, 9.17) is 9.47 Å². The molecule has 1 heterocycles. The van der Waals surface area contributed by atoms with Gasteiger partial charge in [0.05, 0.1) is 7.11 Å². The number of carbonyl (C=O) groups excluding carboxylic acids is 2. The van der Waals surface area contributed by atoms with E-state index in [9.17, 15) is 14.0 Å². The Balaban J connectivity index is 1.48. The topological polar surface area (TPSA) is 55.8 Å². The van der Waals surface area contributed by atoms with E-state index >= 15 is 0 Å². The Bertz CT molecular complexity index is 1300. The molecule has 3 aromatic carbocycles. The summed E-state index contributed by atoms with van der Waals surface area (Å²) in [5, 5.41) is 0. The number of ketones is 1. The van der Waals surface area contributed by atoms with E-state index in [-0.39, 0.29) is 36.5 Å². The summed E-state index contributed by atoms with van der Waals surface area (Å²) in [7, 11) is 1.54. The highest BCUT2D eigenvalue weighted by molar-refractivity contribution is 6.07. The predicted octanol–water partition coefficient (Wildman–Crippen LogP) is 5.94. The van der Waals surface area contributed by atoms with Gasteiger partial charge < -0.3 is 9.47 Å². The summed E-state index contributed by atoms with van der Waals surface area (Å²) < 4.78 is 25.4. The molecule has 0 saturated heterocycles. The molecule has 0 aromatic heterocycles. The molecule has 0 radical (unpaired) electrons. The molecule has 0 spiro atoms. The van der Waals surface area contributed by atoms with Crippen LogP contribution in [0.3, 0.4) is 0 Å². The Labute approximate surface area is 203 Å². The number of allylic oxidation sites excluding steroid dienone is 2. The van der Waals surface area contributed by atoms with Crippen LogP contribution in [-0.4, -0.2) is 18.8 Å². The molecular formula is C29H26FNO4. The van der Waals surface area contributed by atoms with Gasteiger partial charge in [-0.05, 0) is 48.7 Å². The molecule has 1 atom stereocenters. The number of methoxy groups -OCH3 is 1. The molecule has 35 heavy (non-hydrogen) atoms. The summed E-state index contributed by atoms with van der Waals surface area (Å²) in [6, 6.07) is 21.4. The standard InChI is InChI=1S/C29H26FNO4/c1-34-27-16-19(14-15-26(27)35-18-20-8-5-6-11-23(20)30)22-17-28(33)31(21-9-3-2-4-10-21)24-12-7-13-25(32)29(22)24/h2-6,8-11,14-16,22H,7,12-13,17-18H2,1H3. The lowest BCUT2D eigenvalue weighted by Crippen LogP contribution is -2.40. The normalized spacial score (nSPS) is 17.9. The summed E-state index contributed by atoms with van der Waals surface area (Å²) in [5.41, 5.74) is 3.56. The van der Waals surface area contributed by atoms with Crippen molar-refractivity contribution in [3.8, 4) is 11.5 Å².